The second-order valence-electron chi connectivity index (χ2n) is 7.48. The Hall–Kier alpha value is -3.19. The molecule has 0 saturated carbocycles. The number of nitrogens with one attached hydrogen (secondary N) is 1. The molecule has 1 fully saturated rings. The third-order valence-electron chi connectivity index (χ3n) is 5.02. The van der Waals surface area contributed by atoms with Crippen molar-refractivity contribution in [3.63, 3.8) is 0 Å². The van der Waals surface area contributed by atoms with Gasteiger partial charge in [0.05, 0.1) is 11.6 Å². The van der Waals surface area contributed by atoms with E-state index < -0.39 is 5.92 Å². The van der Waals surface area contributed by atoms with Gasteiger partial charge < -0.3 is 15.0 Å². The van der Waals surface area contributed by atoms with Crippen LogP contribution < -0.4 is 10.2 Å². The molecule has 2 heterocycles. The van der Waals surface area contributed by atoms with Crippen LogP contribution in [0.2, 0.25) is 0 Å². The van der Waals surface area contributed by atoms with Gasteiger partial charge in [-0.05, 0) is 38.1 Å². The van der Waals surface area contributed by atoms with Crippen molar-refractivity contribution in [2.75, 3.05) is 16.8 Å². The lowest BCUT2D eigenvalue weighted by Gasteiger charge is -2.16. The minimum Gasteiger partial charge on any atom is -0.459 e. The summed E-state index contributed by atoms with van der Waals surface area (Å²) in [4.78, 5) is 30.9. The fourth-order valence-corrected chi connectivity index (χ4v) is 4.01. The monoisotopic (exact) mass is 421 g/mol. The van der Waals surface area contributed by atoms with Crippen LogP contribution in [0.5, 0.6) is 0 Å². The first-order valence-electron chi connectivity index (χ1n) is 9.80. The first-order chi connectivity index (χ1) is 14.5. The van der Waals surface area contributed by atoms with E-state index in [1.54, 1.807) is 4.90 Å². The summed E-state index contributed by atoms with van der Waals surface area (Å²) >= 11 is 1.46. The number of thiazole rings is 1. The van der Waals surface area contributed by atoms with Crippen molar-refractivity contribution in [3.8, 4) is 0 Å². The van der Waals surface area contributed by atoms with Crippen LogP contribution >= 0.6 is 11.3 Å². The van der Waals surface area contributed by atoms with Crippen LogP contribution in [0.1, 0.15) is 23.2 Å². The van der Waals surface area contributed by atoms with Crippen LogP contribution in [-0.4, -0.2) is 23.4 Å². The number of benzene rings is 2. The van der Waals surface area contributed by atoms with Gasteiger partial charge in [-0.15, -0.1) is 11.3 Å². The molecule has 154 valence electrons. The number of hydrogen-bond acceptors (Lipinski definition) is 6. The molecule has 7 heteroatoms. The van der Waals surface area contributed by atoms with Crippen LogP contribution in [0.15, 0.2) is 53.9 Å². The molecule has 3 aromatic rings. The summed E-state index contributed by atoms with van der Waals surface area (Å²) in [5, 5.41) is 5.85. The normalized spacial score (nSPS) is 16.0. The van der Waals surface area contributed by atoms with Gasteiger partial charge in [0.2, 0.25) is 5.91 Å². The first kappa shape index (κ1) is 20.1. The number of anilines is 3. The highest BCUT2D eigenvalue weighted by molar-refractivity contribution is 7.13. The zero-order valence-corrected chi connectivity index (χ0v) is 17.7. The number of nitrogens with zero attached hydrogens (tertiary/aromatic N) is 2. The maximum absolute atomic E-state index is 12.5. The molecule has 0 unspecified atom stereocenters. The zero-order chi connectivity index (χ0) is 21.1. The highest BCUT2D eigenvalue weighted by Gasteiger charge is 2.36. The van der Waals surface area contributed by atoms with Crippen molar-refractivity contribution < 1.29 is 14.3 Å². The molecule has 1 aliphatic heterocycles. The van der Waals surface area contributed by atoms with Crippen molar-refractivity contribution in [2.45, 2.75) is 26.9 Å². The minimum absolute atomic E-state index is 0.0564. The van der Waals surface area contributed by atoms with Gasteiger partial charge in [-0.25, -0.2) is 4.98 Å². The molecule has 1 amide bonds. The molecule has 0 spiro atoms. The van der Waals surface area contributed by atoms with E-state index in [4.69, 9.17) is 4.74 Å². The maximum Gasteiger partial charge on any atom is 0.311 e. The van der Waals surface area contributed by atoms with Gasteiger partial charge in [0, 0.05) is 29.7 Å². The van der Waals surface area contributed by atoms with Crippen LogP contribution in [-0.2, 0) is 20.9 Å². The van der Waals surface area contributed by atoms with Crippen LogP contribution in [0, 0.1) is 19.8 Å². The third-order valence-corrected chi connectivity index (χ3v) is 5.83. The molecule has 1 saturated heterocycles. The average molecular weight is 422 g/mol. The highest BCUT2D eigenvalue weighted by Crippen LogP contribution is 2.27. The number of ether oxygens (including phenoxy) is 1. The Labute approximate surface area is 179 Å². The number of hydrogen-bond donors (Lipinski definition) is 1. The largest absolute Gasteiger partial charge is 0.459 e. The highest BCUT2D eigenvalue weighted by atomic mass is 32.1. The summed E-state index contributed by atoms with van der Waals surface area (Å²) in [6.45, 7) is 4.48. The van der Waals surface area contributed by atoms with Gasteiger partial charge >= 0.3 is 5.97 Å². The number of esters is 1. The van der Waals surface area contributed by atoms with Gasteiger partial charge in [0.15, 0.2) is 5.13 Å². The lowest BCUT2D eigenvalue weighted by Crippen LogP contribution is -2.26. The smallest absolute Gasteiger partial charge is 0.311 e. The molecule has 0 bridgehead atoms. The van der Waals surface area contributed by atoms with Gasteiger partial charge in [0.1, 0.15) is 6.61 Å². The molecule has 1 aliphatic rings. The fourth-order valence-electron chi connectivity index (χ4n) is 3.29. The lowest BCUT2D eigenvalue weighted by atomic mass is 10.1. The van der Waals surface area contributed by atoms with E-state index >= 15 is 0 Å². The quantitative estimate of drug-likeness (QED) is 0.589. The molecule has 0 aliphatic carbocycles. The Balaban J connectivity index is 1.30. The SMILES string of the molecule is Cc1ccc(Nc2nc(COC(=O)[C@@H]3CC(=O)N(c4ccc(C)cc4)C3)cs2)cc1. The summed E-state index contributed by atoms with van der Waals surface area (Å²) in [5.41, 5.74) is 4.77. The molecule has 30 heavy (non-hydrogen) atoms. The summed E-state index contributed by atoms with van der Waals surface area (Å²) in [6, 6.07) is 15.8. The molecular weight excluding hydrogens is 398 g/mol. The summed E-state index contributed by atoms with van der Waals surface area (Å²) in [6.07, 6.45) is 0.171. The molecular formula is C23H23N3O3S. The Morgan fingerprint density at radius 2 is 1.80 bits per heavy atom. The number of carbonyl (C=O) groups excluding carboxylic acids is 2. The van der Waals surface area contributed by atoms with Crippen molar-refractivity contribution in [3.05, 3.63) is 70.7 Å². The first-order valence-corrected chi connectivity index (χ1v) is 10.7. The van der Waals surface area contributed by atoms with Crippen LogP contribution in [0.4, 0.5) is 16.5 Å². The summed E-state index contributed by atoms with van der Waals surface area (Å²) in [5.74, 6) is -0.874. The van der Waals surface area contributed by atoms with Crippen molar-refractivity contribution in [2.24, 2.45) is 5.92 Å². The van der Waals surface area contributed by atoms with Crippen molar-refractivity contribution in [1.29, 1.82) is 0 Å². The third kappa shape index (κ3) is 4.68. The predicted octanol–water partition coefficient (Wildman–Crippen LogP) is 4.60. The number of rotatable bonds is 6. The number of aryl methyl sites for hydroxylation is 2. The lowest BCUT2D eigenvalue weighted by molar-refractivity contribution is -0.149. The summed E-state index contributed by atoms with van der Waals surface area (Å²) in [7, 11) is 0. The molecule has 0 radical (unpaired) electrons. The maximum atomic E-state index is 12.5. The van der Waals surface area contributed by atoms with Crippen LogP contribution in [0.25, 0.3) is 0 Å². The van der Waals surface area contributed by atoms with E-state index in [1.165, 1.54) is 16.9 Å². The van der Waals surface area contributed by atoms with E-state index in [0.717, 1.165) is 22.1 Å². The summed E-state index contributed by atoms with van der Waals surface area (Å²) < 4.78 is 5.44. The number of aromatic nitrogens is 1. The Bertz CT molecular complexity index is 1040. The van der Waals surface area contributed by atoms with E-state index in [2.05, 4.69) is 10.3 Å². The molecule has 1 aromatic heterocycles. The number of amides is 1. The Kier molecular flexibility index (Phi) is 5.81. The molecule has 1 atom stereocenters. The zero-order valence-electron chi connectivity index (χ0n) is 16.9. The molecule has 1 N–H and O–H groups in total. The molecule has 4 rings (SSSR count). The van der Waals surface area contributed by atoms with Crippen molar-refractivity contribution >= 4 is 39.7 Å². The standard InChI is InChI=1S/C23H23N3O3S/c1-15-3-7-18(8-4-15)24-23-25-19(14-30-23)13-29-22(28)17-11-21(27)26(12-17)20-9-5-16(2)6-10-20/h3-10,14,17H,11-13H2,1-2H3,(H,24,25)/t17-/m1/s1. The van der Waals surface area contributed by atoms with E-state index in [1.807, 2.05) is 67.8 Å². The van der Waals surface area contributed by atoms with Crippen molar-refractivity contribution in [1.82, 2.24) is 4.98 Å². The Morgan fingerprint density at radius 1 is 1.13 bits per heavy atom. The van der Waals surface area contributed by atoms with E-state index in [0.29, 0.717) is 12.2 Å². The second kappa shape index (κ2) is 8.67. The predicted molar refractivity (Wildman–Crippen MR) is 118 cm³/mol. The van der Waals surface area contributed by atoms with Gasteiger partial charge in [-0.3, -0.25) is 9.59 Å². The fraction of sp³-hybridized carbons (Fsp3) is 0.261. The van der Waals surface area contributed by atoms with E-state index in [-0.39, 0.29) is 24.9 Å². The number of carbonyl (C=O) groups is 2. The minimum atomic E-state index is -0.456. The second-order valence-corrected chi connectivity index (χ2v) is 8.34. The average Bonchev–Trinajstić information content (AvgIpc) is 3.35. The van der Waals surface area contributed by atoms with E-state index in [9.17, 15) is 9.59 Å². The van der Waals surface area contributed by atoms with Crippen LogP contribution in [0.3, 0.4) is 0 Å². The Morgan fingerprint density at radius 3 is 2.50 bits per heavy atom. The molecule has 2 aromatic carbocycles. The van der Waals surface area contributed by atoms with Gasteiger partial charge in [-0.2, -0.15) is 0 Å². The molecule has 6 nitrogen and oxygen atoms in total. The van der Waals surface area contributed by atoms with Gasteiger partial charge in [0.25, 0.3) is 0 Å². The van der Waals surface area contributed by atoms with Gasteiger partial charge in [-0.1, -0.05) is 35.4 Å². The topological polar surface area (TPSA) is 71.5 Å².